The van der Waals surface area contributed by atoms with Crippen molar-refractivity contribution in [1.82, 2.24) is 14.9 Å². The maximum absolute atomic E-state index is 9.84. The largest absolute Gasteiger partial charge is 0.396 e. The Balaban J connectivity index is 1.63. The molecular weight excluding hydrogens is 238 g/mol. The first kappa shape index (κ1) is 13.0. The third-order valence-electron chi connectivity index (χ3n) is 4.48. The van der Waals surface area contributed by atoms with Crippen molar-refractivity contribution in [3.63, 3.8) is 0 Å². The highest BCUT2D eigenvalue weighted by Gasteiger charge is 2.39. The van der Waals surface area contributed by atoms with Crippen LogP contribution in [0.3, 0.4) is 0 Å². The molecule has 2 fully saturated rings. The molecule has 2 heterocycles. The molecule has 1 saturated heterocycles. The Kier molecular flexibility index (Phi) is 3.80. The summed E-state index contributed by atoms with van der Waals surface area (Å²) in [5.41, 5.74) is 0.133. The summed E-state index contributed by atoms with van der Waals surface area (Å²) in [6.07, 6.45) is 9.89. The zero-order valence-corrected chi connectivity index (χ0v) is 11.5. The maximum atomic E-state index is 9.84. The van der Waals surface area contributed by atoms with Crippen LogP contribution in [0.5, 0.6) is 0 Å². The molecule has 1 saturated carbocycles. The fourth-order valence-electron chi connectivity index (χ4n) is 3.35. The average Bonchev–Trinajstić information content (AvgIpc) is 3.24. The Morgan fingerprint density at radius 1 is 1.32 bits per heavy atom. The number of nitrogens with zero attached hydrogens (tertiary/aromatic N) is 3. The fourth-order valence-corrected chi connectivity index (χ4v) is 3.35. The highest BCUT2D eigenvalue weighted by atomic mass is 16.3. The molecule has 0 amide bonds. The summed E-state index contributed by atoms with van der Waals surface area (Å²) in [7, 11) is 0. The van der Waals surface area contributed by atoms with Gasteiger partial charge in [-0.3, -0.25) is 4.90 Å². The third kappa shape index (κ3) is 3.31. The number of hydrogen-bond acceptors (Lipinski definition) is 4. The van der Waals surface area contributed by atoms with Crippen LogP contribution in [0.2, 0.25) is 0 Å². The van der Waals surface area contributed by atoms with E-state index in [1.807, 2.05) is 6.07 Å². The molecule has 4 nitrogen and oxygen atoms in total. The second kappa shape index (κ2) is 5.55. The summed E-state index contributed by atoms with van der Waals surface area (Å²) >= 11 is 0. The van der Waals surface area contributed by atoms with E-state index in [1.165, 1.54) is 32.1 Å². The van der Waals surface area contributed by atoms with Crippen LogP contribution in [-0.2, 0) is 6.54 Å². The highest BCUT2D eigenvalue weighted by molar-refractivity contribution is 4.94. The topological polar surface area (TPSA) is 49.2 Å². The Hall–Kier alpha value is -1.00. The van der Waals surface area contributed by atoms with E-state index >= 15 is 0 Å². The van der Waals surface area contributed by atoms with E-state index in [9.17, 15) is 5.11 Å². The summed E-state index contributed by atoms with van der Waals surface area (Å²) in [5.74, 6) is 1.77. The first-order chi connectivity index (χ1) is 9.30. The number of hydrogen-bond donors (Lipinski definition) is 1. The molecule has 1 aliphatic heterocycles. The molecule has 0 bridgehead atoms. The van der Waals surface area contributed by atoms with Crippen LogP contribution in [0.15, 0.2) is 18.5 Å². The van der Waals surface area contributed by atoms with Crippen molar-refractivity contribution in [2.24, 2.45) is 11.3 Å². The highest BCUT2D eigenvalue weighted by Crippen LogP contribution is 2.44. The minimum atomic E-state index is 0.133. The van der Waals surface area contributed by atoms with Crippen molar-refractivity contribution in [3.8, 4) is 0 Å². The van der Waals surface area contributed by atoms with Crippen LogP contribution in [0.4, 0.5) is 0 Å². The van der Waals surface area contributed by atoms with E-state index in [4.69, 9.17) is 0 Å². The zero-order valence-electron chi connectivity index (χ0n) is 11.5. The quantitative estimate of drug-likeness (QED) is 0.879. The molecule has 0 aromatic carbocycles. The van der Waals surface area contributed by atoms with Gasteiger partial charge in [-0.15, -0.1) is 0 Å². The Labute approximate surface area is 114 Å². The van der Waals surface area contributed by atoms with Gasteiger partial charge in [-0.25, -0.2) is 9.97 Å². The lowest BCUT2D eigenvalue weighted by Gasteiger charge is -2.42. The SMILES string of the molecule is OC[C@@]1(CC2CC2)CCCN(Cc2ncccn2)C1. The Morgan fingerprint density at radius 2 is 2.11 bits per heavy atom. The molecule has 0 spiro atoms. The molecule has 104 valence electrons. The lowest BCUT2D eigenvalue weighted by atomic mass is 9.76. The van der Waals surface area contributed by atoms with E-state index < -0.39 is 0 Å². The number of rotatable bonds is 5. The number of aliphatic hydroxyl groups excluding tert-OH is 1. The van der Waals surface area contributed by atoms with Crippen LogP contribution in [0.25, 0.3) is 0 Å². The monoisotopic (exact) mass is 261 g/mol. The standard InChI is InChI=1S/C15H23N3O/c19-12-15(9-13-3-4-13)5-1-8-18(11-15)10-14-16-6-2-7-17-14/h2,6-7,13,19H,1,3-5,8-12H2/t15-/m1/s1. The van der Waals surface area contributed by atoms with Crippen molar-refractivity contribution < 1.29 is 5.11 Å². The van der Waals surface area contributed by atoms with Crippen LogP contribution in [0.1, 0.15) is 37.9 Å². The second-order valence-corrected chi connectivity index (χ2v) is 6.28. The molecule has 2 aliphatic rings. The average molecular weight is 261 g/mol. The number of aromatic nitrogens is 2. The summed E-state index contributed by atoms with van der Waals surface area (Å²) in [5, 5.41) is 9.84. The normalized spacial score (nSPS) is 28.5. The van der Waals surface area contributed by atoms with Crippen molar-refractivity contribution in [3.05, 3.63) is 24.3 Å². The number of aliphatic hydroxyl groups is 1. The van der Waals surface area contributed by atoms with Gasteiger partial charge in [-0.1, -0.05) is 12.8 Å². The fraction of sp³-hybridized carbons (Fsp3) is 0.733. The lowest BCUT2D eigenvalue weighted by Crippen LogP contribution is -2.45. The smallest absolute Gasteiger partial charge is 0.142 e. The molecule has 19 heavy (non-hydrogen) atoms. The molecule has 1 aromatic rings. The predicted octanol–water partition coefficient (Wildman–Crippen LogP) is 1.85. The minimum absolute atomic E-state index is 0.133. The van der Waals surface area contributed by atoms with Gasteiger partial charge in [-0.2, -0.15) is 0 Å². The minimum Gasteiger partial charge on any atom is -0.396 e. The molecule has 1 aromatic heterocycles. The van der Waals surface area contributed by atoms with Gasteiger partial charge in [0.1, 0.15) is 5.82 Å². The van der Waals surface area contributed by atoms with Crippen molar-refractivity contribution in [2.45, 2.75) is 38.6 Å². The summed E-state index contributed by atoms with van der Waals surface area (Å²) in [4.78, 5) is 11.0. The van der Waals surface area contributed by atoms with Gasteiger partial charge < -0.3 is 5.11 Å². The van der Waals surface area contributed by atoms with Crippen molar-refractivity contribution in [2.75, 3.05) is 19.7 Å². The van der Waals surface area contributed by atoms with Gasteiger partial charge in [-0.05, 0) is 37.8 Å². The van der Waals surface area contributed by atoms with Gasteiger partial charge in [0, 0.05) is 31.0 Å². The van der Waals surface area contributed by atoms with E-state index in [2.05, 4.69) is 14.9 Å². The van der Waals surface area contributed by atoms with Gasteiger partial charge in [0.25, 0.3) is 0 Å². The van der Waals surface area contributed by atoms with Crippen LogP contribution >= 0.6 is 0 Å². The van der Waals surface area contributed by atoms with Gasteiger partial charge in [0.2, 0.25) is 0 Å². The van der Waals surface area contributed by atoms with Gasteiger partial charge >= 0.3 is 0 Å². The molecule has 1 N–H and O–H groups in total. The molecule has 0 radical (unpaired) electrons. The van der Waals surface area contributed by atoms with E-state index in [-0.39, 0.29) is 5.41 Å². The number of piperidine rings is 1. The molecule has 0 unspecified atom stereocenters. The summed E-state index contributed by atoms with van der Waals surface area (Å²) < 4.78 is 0. The first-order valence-electron chi connectivity index (χ1n) is 7.39. The molecule has 1 aliphatic carbocycles. The second-order valence-electron chi connectivity index (χ2n) is 6.28. The third-order valence-corrected chi connectivity index (χ3v) is 4.48. The Morgan fingerprint density at radius 3 is 2.79 bits per heavy atom. The van der Waals surface area contributed by atoms with Crippen molar-refractivity contribution >= 4 is 0 Å². The van der Waals surface area contributed by atoms with Gasteiger partial charge in [0.05, 0.1) is 6.54 Å². The van der Waals surface area contributed by atoms with E-state index in [0.29, 0.717) is 6.61 Å². The summed E-state index contributed by atoms with van der Waals surface area (Å²) in [6, 6.07) is 1.85. The maximum Gasteiger partial charge on any atom is 0.142 e. The van der Waals surface area contributed by atoms with Gasteiger partial charge in [0.15, 0.2) is 0 Å². The number of likely N-dealkylation sites (tertiary alicyclic amines) is 1. The predicted molar refractivity (Wildman–Crippen MR) is 73.4 cm³/mol. The lowest BCUT2D eigenvalue weighted by molar-refractivity contribution is 0.0170. The van der Waals surface area contributed by atoms with Crippen LogP contribution in [-0.4, -0.2) is 39.7 Å². The Bertz CT molecular complexity index is 407. The molecular formula is C15H23N3O. The van der Waals surface area contributed by atoms with Crippen LogP contribution < -0.4 is 0 Å². The van der Waals surface area contributed by atoms with E-state index in [1.54, 1.807) is 12.4 Å². The zero-order chi connectivity index (χ0) is 13.1. The molecule has 1 atom stereocenters. The summed E-state index contributed by atoms with van der Waals surface area (Å²) in [6.45, 7) is 3.24. The van der Waals surface area contributed by atoms with E-state index in [0.717, 1.165) is 31.4 Å². The van der Waals surface area contributed by atoms with Crippen molar-refractivity contribution in [1.29, 1.82) is 0 Å². The first-order valence-corrected chi connectivity index (χ1v) is 7.39. The molecule has 3 rings (SSSR count). The molecule has 4 heteroatoms. The van der Waals surface area contributed by atoms with Crippen LogP contribution in [0, 0.1) is 11.3 Å².